The van der Waals surface area contributed by atoms with E-state index in [9.17, 15) is 14.4 Å². The van der Waals surface area contributed by atoms with Gasteiger partial charge >= 0.3 is 18.0 Å². The molecule has 1 aromatic rings. The predicted octanol–water partition coefficient (Wildman–Crippen LogP) is 0.632. The number of aliphatic carboxylic acids is 2. The topological polar surface area (TPSA) is 131 Å². The fraction of sp³-hybridized carbons (Fsp3) is 0.231. The zero-order valence-electron chi connectivity index (χ0n) is 11.1. The van der Waals surface area contributed by atoms with Crippen molar-refractivity contribution >= 4 is 23.7 Å². The van der Waals surface area contributed by atoms with Gasteiger partial charge in [0, 0.05) is 7.05 Å². The van der Waals surface area contributed by atoms with Crippen molar-refractivity contribution in [3.05, 3.63) is 29.8 Å². The number of nitriles is 1. The van der Waals surface area contributed by atoms with Gasteiger partial charge in [0.15, 0.2) is 0 Å². The van der Waals surface area contributed by atoms with Crippen molar-refractivity contribution in [2.45, 2.75) is 12.5 Å². The maximum absolute atomic E-state index is 12.0. The molecule has 1 atom stereocenters. The average Bonchev–Trinajstić information content (AvgIpc) is 2.45. The molecule has 8 heteroatoms. The molecule has 0 radical (unpaired) electrons. The molecule has 0 spiro atoms. The van der Waals surface area contributed by atoms with Crippen LogP contribution in [0.4, 0.5) is 10.5 Å². The number of benzene rings is 1. The first-order valence-electron chi connectivity index (χ1n) is 5.84. The lowest BCUT2D eigenvalue weighted by Crippen LogP contribution is -2.47. The lowest BCUT2D eigenvalue weighted by Gasteiger charge is -2.21. The van der Waals surface area contributed by atoms with E-state index in [1.165, 1.54) is 19.2 Å². The third kappa shape index (κ3) is 4.21. The molecule has 0 fully saturated rings. The lowest BCUT2D eigenvalue weighted by molar-refractivity contribution is -0.145. The maximum atomic E-state index is 12.0. The summed E-state index contributed by atoms with van der Waals surface area (Å²) >= 11 is 0. The molecular formula is C13H13N3O5. The van der Waals surface area contributed by atoms with Gasteiger partial charge < -0.3 is 15.5 Å². The van der Waals surface area contributed by atoms with E-state index in [0.29, 0.717) is 0 Å². The van der Waals surface area contributed by atoms with E-state index in [4.69, 9.17) is 15.5 Å². The van der Waals surface area contributed by atoms with Crippen LogP contribution >= 0.6 is 0 Å². The van der Waals surface area contributed by atoms with Gasteiger partial charge in [-0.15, -0.1) is 0 Å². The average molecular weight is 291 g/mol. The number of carboxylic acids is 2. The maximum Gasteiger partial charge on any atom is 0.326 e. The summed E-state index contributed by atoms with van der Waals surface area (Å²) in [4.78, 5) is 34.5. The normalized spacial score (nSPS) is 11.0. The minimum absolute atomic E-state index is 0.236. The van der Waals surface area contributed by atoms with Crippen molar-refractivity contribution < 1.29 is 24.6 Å². The minimum atomic E-state index is -1.55. The van der Waals surface area contributed by atoms with Crippen molar-refractivity contribution in [3.8, 4) is 6.07 Å². The number of carbonyl (C=O) groups is 3. The van der Waals surface area contributed by atoms with Crippen LogP contribution in [0.2, 0.25) is 0 Å². The van der Waals surface area contributed by atoms with Gasteiger partial charge in [0.05, 0.1) is 17.7 Å². The Kier molecular flexibility index (Phi) is 5.25. The first-order valence-corrected chi connectivity index (χ1v) is 5.84. The molecule has 110 valence electrons. The van der Waals surface area contributed by atoms with Gasteiger partial charge in [-0.05, 0) is 12.1 Å². The van der Waals surface area contributed by atoms with Gasteiger partial charge in [-0.25, -0.2) is 9.59 Å². The molecule has 0 bridgehead atoms. The summed E-state index contributed by atoms with van der Waals surface area (Å²) in [6, 6.07) is 5.81. The molecule has 3 N–H and O–H groups in total. The quantitative estimate of drug-likeness (QED) is 0.729. The monoisotopic (exact) mass is 291 g/mol. The fourth-order valence-electron chi connectivity index (χ4n) is 1.59. The molecule has 1 unspecified atom stereocenters. The second kappa shape index (κ2) is 6.91. The van der Waals surface area contributed by atoms with E-state index in [1.54, 1.807) is 12.1 Å². The Morgan fingerprint density at radius 1 is 1.33 bits per heavy atom. The number of anilines is 1. The summed E-state index contributed by atoms with van der Waals surface area (Å²) in [6.45, 7) is 0. The summed E-state index contributed by atoms with van der Waals surface area (Å²) in [7, 11) is 1.35. The van der Waals surface area contributed by atoms with E-state index in [1.807, 2.05) is 6.07 Å². The van der Waals surface area contributed by atoms with E-state index in [-0.39, 0.29) is 11.3 Å². The summed E-state index contributed by atoms with van der Waals surface area (Å²) in [6.07, 6.45) is -0.741. The Bertz CT molecular complexity index is 608. The number of carboxylic acid groups (broad SMARTS) is 2. The number of rotatable bonds is 5. The van der Waals surface area contributed by atoms with E-state index in [2.05, 4.69) is 5.32 Å². The summed E-state index contributed by atoms with van der Waals surface area (Å²) in [5.74, 6) is -2.80. The highest BCUT2D eigenvalue weighted by atomic mass is 16.4. The molecule has 1 rings (SSSR count). The van der Waals surface area contributed by atoms with Gasteiger partial charge in [-0.1, -0.05) is 12.1 Å². The SMILES string of the molecule is CN(C(=O)NC(CC(=O)O)C(=O)O)c1ccccc1C#N. The molecular weight excluding hydrogens is 278 g/mol. The standard InChI is InChI=1S/C13H13N3O5/c1-16(10-5-3-2-4-8(10)7-14)13(21)15-9(12(19)20)6-11(17)18/h2-5,9H,6H2,1H3,(H,15,21)(H,17,18)(H,19,20). The van der Waals surface area contributed by atoms with Crippen LogP contribution in [0, 0.1) is 11.3 Å². The smallest absolute Gasteiger partial charge is 0.326 e. The zero-order chi connectivity index (χ0) is 16.0. The molecule has 1 aromatic carbocycles. The highest BCUT2D eigenvalue weighted by molar-refractivity contribution is 5.95. The summed E-state index contributed by atoms with van der Waals surface area (Å²) in [5, 5.41) is 28.5. The lowest BCUT2D eigenvalue weighted by atomic mass is 10.2. The molecule has 0 aliphatic carbocycles. The number of hydrogen-bond donors (Lipinski definition) is 3. The highest BCUT2D eigenvalue weighted by Crippen LogP contribution is 2.18. The van der Waals surface area contributed by atoms with E-state index in [0.717, 1.165) is 4.90 Å². The third-order valence-electron chi connectivity index (χ3n) is 2.67. The van der Waals surface area contributed by atoms with E-state index >= 15 is 0 Å². The molecule has 8 nitrogen and oxygen atoms in total. The van der Waals surface area contributed by atoms with Crippen LogP contribution in [0.25, 0.3) is 0 Å². The van der Waals surface area contributed by atoms with Crippen LogP contribution in [0.15, 0.2) is 24.3 Å². The number of nitrogens with zero attached hydrogens (tertiary/aromatic N) is 2. The number of hydrogen-bond acceptors (Lipinski definition) is 4. The Hall–Kier alpha value is -3.08. The van der Waals surface area contributed by atoms with Crippen LogP contribution in [0.1, 0.15) is 12.0 Å². The Labute approximate surface area is 120 Å². The van der Waals surface area contributed by atoms with Gasteiger partial charge in [-0.2, -0.15) is 5.26 Å². The van der Waals surface area contributed by atoms with Gasteiger partial charge in [0.25, 0.3) is 0 Å². The number of amides is 2. The highest BCUT2D eigenvalue weighted by Gasteiger charge is 2.25. The largest absolute Gasteiger partial charge is 0.481 e. The number of para-hydroxylation sites is 1. The number of carbonyl (C=O) groups excluding carboxylic acids is 1. The zero-order valence-corrected chi connectivity index (χ0v) is 11.1. The predicted molar refractivity (Wildman–Crippen MR) is 71.8 cm³/mol. The molecule has 0 aromatic heterocycles. The molecule has 2 amide bonds. The number of urea groups is 1. The van der Waals surface area contributed by atoms with Crippen molar-refractivity contribution in [3.63, 3.8) is 0 Å². The molecule has 0 saturated heterocycles. The van der Waals surface area contributed by atoms with Crippen LogP contribution in [0.3, 0.4) is 0 Å². The molecule has 0 aliphatic rings. The van der Waals surface area contributed by atoms with Crippen LogP contribution < -0.4 is 10.2 Å². The second-order valence-electron chi connectivity index (χ2n) is 4.13. The second-order valence-corrected chi connectivity index (χ2v) is 4.13. The molecule has 0 saturated carbocycles. The summed E-state index contributed by atoms with van der Waals surface area (Å²) in [5.41, 5.74) is 0.525. The molecule has 0 aliphatic heterocycles. The Morgan fingerprint density at radius 2 is 1.95 bits per heavy atom. The van der Waals surface area contributed by atoms with Gasteiger partial charge in [0.1, 0.15) is 12.1 Å². The van der Waals surface area contributed by atoms with Crippen molar-refractivity contribution in [1.82, 2.24) is 5.32 Å². The van der Waals surface area contributed by atoms with Crippen molar-refractivity contribution in [2.24, 2.45) is 0 Å². The van der Waals surface area contributed by atoms with Crippen LogP contribution in [-0.4, -0.2) is 41.3 Å². The van der Waals surface area contributed by atoms with Crippen molar-refractivity contribution in [2.75, 3.05) is 11.9 Å². The molecule has 21 heavy (non-hydrogen) atoms. The first kappa shape index (κ1) is 16.0. The fourth-order valence-corrected chi connectivity index (χ4v) is 1.59. The first-order chi connectivity index (χ1) is 9.86. The van der Waals surface area contributed by atoms with Crippen LogP contribution in [0.5, 0.6) is 0 Å². The van der Waals surface area contributed by atoms with E-state index < -0.39 is 30.4 Å². The number of nitrogens with one attached hydrogen (secondary N) is 1. The molecule has 0 heterocycles. The Balaban J connectivity index is 2.89. The van der Waals surface area contributed by atoms with Crippen molar-refractivity contribution in [1.29, 1.82) is 5.26 Å². The van der Waals surface area contributed by atoms with Gasteiger partial charge in [0.2, 0.25) is 0 Å². The summed E-state index contributed by atoms with van der Waals surface area (Å²) < 4.78 is 0. The van der Waals surface area contributed by atoms with Gasteiger partial charge in [-0.3, -0.25) is 9.69 Å². The van der Waals surface area contributed by atoms with Crippen LogP contribution in [-0.2, 0) is 9.59 Å². The Morgan fingerprint density at radius 3 is 2.48 bits per heavy atom. The third-order valence-corrected chi connectivity index (χ3v) is 2.67. The minimum Gasteiger partial charge on any atom is -0.481 e.